The second kappa shape index (κ2) is 3.29. The first kappa shape index (κ1) is 7.26. The fourth-order valence-electron chi connectivity index (χ4n) is 0.105. The molecule has 0 fully saturated rings. The quantitative estimate of drug-likeness (QED) is 0.576. The van der Waals surface area contributed by atoms with Crippen LogP contribution < -0.4 is 0 Å². The van der Waals surface area contributed by atoms with Gasteiger partial charge in [0.25, 0.3) is 0 Å². The molecule has 0 aromatic rings. The van der Waals surface area contributed by atoms with E-state index in [0.717, 1.165) is 22.7 Å². The van der Waals surface area contributed by atoms with Crippen molar-refractivity contribution in [3.05, 3.63) is 0 Å². The number of carbonyl (C=O) groups is 1. The maximum atomic E-state index is 10.3. The molecule has 42 valence electrons. The van der Waals surface area contributed by atoms with E-state index in [1.165, 1.54) is 0 Å². The molecule has 0 N–H and O–H groups in total. The van der Waals surface area contributed by atoms with E-state index in [2.05, 4.69) is 3.10 Å². The van der Waals surface area contributed by atoms with Crippen molar-refractivity contribution in [2.24, 2.45) is 5.92 Å². The zero-order chi connectivity index (χ0) is 5.86. The molecule has 0 amide bonds. The van der Waals surface area contributed by atoms with E-state index in [1.807, 2.05) is 0 Å². The predicted octanol–water partition coefficient (Wildman–Crippen LogP) is 0.00140. The van der Waals surface area contributed by atoms with E-state index < -0.39 is 0 Å². The van der Waals surface area contributed by atoms with E-state index in [9.17, 15) is 4.79 Å². The number of hydrogen-bond donors (Lipinski definition) is 0. The van der Waals surface area contributed by atoms with Gasteiger partial charge in [-0.1, -0.05) is 0 Å². The molecule has 0 aliphatic rings. The molecule has 0 radical (unpaired) electrons. The summed E-state index contributed by atoms with van der Waals surface area (Å²) in [5.41, 5.74) is 0. The summed E-state index contributed by atoms with van der Waals surface area (Å²) in [7, 11) is 0. The van der Waals surface area contributed by atoms with E-state index in [0.29, 0.717) is 0 Å². The van der Waals surface area contributed by atoms with E-state index >= 15 is 0 Å². The van der Waals surface area contributed by atoms with Gasteiger partial charge in [0.1, 0.15) is 0 Å². The Bertz CT molecular complexity index is 70.1. The van der Waals surface area contributed by atoms with Gasteiger partial charge in [-0.25, -0.2) is 0 Å². The van der Waals surface area contributed by atoms with Crippen molar-refractivity contribution in [3.8, 4) is 0 Å². The second-order valence-corrected chi connectivity index (χ2v) is 2.09. The van der Waals surface area contributed by atoms with Crippen molar-refractivity contribution in [1.29, 1.82) is 0 Å². The molecule has 0 spiro atoms. The van der Waals surface area contributed by atoms with Crippen molar-refractivity contribution in [1.82, 2.24) is 0 Å². The Morgan fingerprint density at radius 2 is 2.14 bits per heavy atom. The van der Waals surface area contributed by atoms with Gasteiger partial charge < -0.3 is 0 Å². The average molecular weight is 216 g/mol. The molecule has 0 aliphatic heterocycles. The third kappa shape index (κ3) is 2.90. The first-order valence-corrected chi connectivity index (χ1v) is 3.08. The van der Waals surface area contributed by atoms with Gasteiger partial charge >= 0.3 is 56.3 Å². The normalized spacial score (nSPS) is 9.14. The fraction of sp³-hybridized carbons (Fsp3) is 0.750. The SMILES string of the molecule is CC(C)C(=O)O[TeH]. The molecular weight excluding hydrogens is 208 g/mol. The van der Waals surface area contributed by atoms with E-state index in [4.69, 9.17) is 0 Å². The van der Waals surface area contributed by atoms with Crippen LogP contribution in [0.4, 0.5) is 0 Å². The molecule has 0 saturated heterocycles. The van der Waals surface area contributed by atoms with Gasteiger partial charge in [-0.15, -0.1) is 0 Å². The van der Waals surface area contributed by atoms with E-state index in [1.54, 1.807) is 13.8 Å². The maximum absolute atomic E-state index is 10.3. The number of hydrogen-bond acceptors (Lipinski definition) is 2. The predicted molar refractivity (Wildman–Crippen MR) is 28.1 cm³/mol. The third-order valence-corrected chi connectivity index (χ3v) is 1.07. The summed E-state index contributed by atoms with van der Waals surface area (Å²) in [6.07, 6.45) is 0. The first-order valence-electron chi connectivity index (χ1n) is 2.03. The summed E-state index contributed by atoms with van der Waals surface area (Å²) in [5.74, 6) is -0.113. The molecule has 0 unspecified atom stereocenters. The van der Waals surface area contributed by atoms with Gasteiger partial charge in [-0.05, 0) is 0 Å². The minimum absolute atomic E-state index is 0.0171. The molecule has 0 aliphatic carbocycles. The molecular formula is C4H8O2Te. The van der Waals surface area contributed by atoms with Crippen LogP contribution in [-0.4, -0.2) is 28.7 Å². The fourth-order valence-corrected chi connectivity index (χ4v) is 0.707. The topological polar surface area (TPSA) is 26.3 Å². The van der Waals surface area contributed by atoms with Gasteiger partial charge in [0.2, 0.25) is 0 Å². The molecule has 0 rings (SSSR count). The molecule has 0 bridgehead atoms. The summed E-state index contributed by atoms with van der Waals surface area (Å²) in [4.78, 5) is 10.3. The van der Waals surface area contributed by atoms with Crippen LogP contribution in [-0.2, 0) is 7.90 Å². The molecule has 2 nitrogen and oxygen atoms in total. The van der Waals surface area contributed by atoms with Crippen molar-refractivity contribution in [3.63, 3.8) is 0 Å². The van der Waals surface area contributed by atoms with Gasteiger partial charge in [0.15, 0.2) is 0 Å². The van der Waals surface area contributed by atoms with Crippen LogP contribution in [0.15, 0.2) is 0 Å². The number of rotatable bonds is 1. The number of carbonyl (C=O) groups excluding carboxylic acids is 1. The van der Waals surface area contributed by atoms with Crippen molar-refractivity contribution >= 4 is 28.7 Å². The summed E-state index contributed by atoms with van der Waals surface area (Å²) in [6, 6.07) is 0. The van der Waals surface area contributed by atoms with Crippen LogP contribution in [0.2, 0.25) is 0 Å². The Morgan fingerprint density at radius 3 is 2.14 bits per heavy atom. The zero-order valence-electron chi connectivity index (χ0n) is 4.34. The molecule has 7 heavy (non-hydrogen) atoms. The molecule has 0 saturated carbocycles. The van der Waals surface area contributed by atoms with Crippen LogP contribution >= 0.6 is 0 Å². The first-order chi connectivity index (χ1) is 3.18. The van der Waals surface area contributed by atoms with Crippen LogP contribution in [0.5, 0.6) is 0 Å². The average Bonchev–Trinajstić information content (AvgIpc) is 1.65. The van der Waals surface area contributed by atoms with Crippen molar-refractivity contribution in [2.75, 3.05) is 0 Å². The van der Waals surface area contributed by atoms with Gasteiger partial charge in [0.05, 0.1) is 0 Å². The minimum atomic E-state index is -0.131. The van der Waals surface area contributed by atoms with Crippen LogP contribution in [0.3, 0.4) is 0 Å². The zero-order valence-corrected chi connectivity index (χ0v) is 6.89. The van der Waals surface area contributed by atoms with Gasteiger partial charge in [-0.2, -0.15) is 0 Å². The second-order valence-electron chi connectivity index (χ2n) is 1.57. The molecule has 3 heteroatoms. The summed E-state index contributed by atoms with van der Waals surface area (Å²) < 4.78 is 4.42. The summed E-state index contributed by atoms with van der Waals surface area (Å²) in [6.45, 7) is 3.61. The molecule has 0 atom stereocenters. The Balaban J connectivity index is 3.35. The van der Waals surface area contributed by atoms with Crippen molar-refractivity contribution < 1.29 is 7.90 Å². The molecule has 0 heterocycles. The van der Waals surface area contributed by atoms with Crippen LogP contribution in [0.1, 0.15) is 13.8 Å². The summed E-state index contributed by atoms with van der Waals surface area (Å²) in [5, 5.41) is 0. The van der Waals surface area contributed by atoms with Gasteiger partial charge in [-0.3, -0.25) is 0 Å². The Morgan fingerprint density at radius 1 is 1.71 bits per heavy atom. The van der Waals surface area contributed by atoms with E-state index in [-0.39, 0.29) is 11.9 Å². The molecule has 0 aromatic heterocycles. The van der Waals surface area contributed by atoms with Gasteiger partial charge in [0, 0.05) is 0 Å². The third-order valence-electron chi connectivity index (χ3n) is 0.561. The van der Waals surface area contributed by atoms with Crippen LogP contribution in [0, 0.1) is 5.92 Å². The standard InChI is InChI=1S/C4H8O2Te/c1-3(2)4(5)6-7/h3,7H,1-2H3. The molecule has 0 aromatic carbocycles. The van der Waals surface area contributed by atoms with Crippen LogP contribution in [0.25, 0.3) is 0 Å². The Kier molecular flexibility index (Phi) is 3.41. The summed E-state index contributed by atoms with van der Waals surface area (Å²) >= 11 is 1.08. The monoisotopic (exact) mass is 218 g/mol. The van der Waals surface area contributed by atoms with Crippen molar-refractivity contribution in [2.45, 2.75) is 13.8 Å². The Hall–Kier alpha value is 0.260. The Labute approximate surface area is 56.7 Å².